The summed E-state index contributed by atoms with van der Waals surface area (Å²) < 4.78 is 5.27. The van der Waals surface area contributed by atoms with E-state index in [2.05, 4.69) is 10.5 Å². The largest absolute Gasteiger partial charge is 0.462 e. The Morgan fingerprint density at radius 1 is 1.47 bits per heavy atom. The summed E-state index contributed by atoms with van der Waals surface area (Å²) in [6, 6.07) is 3.60. The number of hydrogen-bond donors (Lipinski definition) is 1. The third kappa shape index (κ3) is 3.42. The van der Waals surface area contributed by atoms with E-state index in [-0.39, 0.29) is 5.91 Å². The van der Waals surface area contributed by atoms with Gasteiger partial charge >= 0.3 is 0 Å². The summed E-state index contributed by atoms with van der Waals surface area (Å²) in [6.07, 6.45) is 1.58. The molecule has 0 saturated carbocycles. The van der Waals surface area contributed by atoms with Crippen LogP contribution in [0.4, 0.5) is 0 Å². The van der Waals surface area contributed by atoms with Crippen LogP contribution in [0.15, 0.2) is 22.8 Å². The molecule has 1 amide bonds. The summed E-state index contributed by atoms with van der Waals surface area (Å²) in [7, 11) is 0. The molecule has 0 aliphatic carbocycles. The molecule has 1 N–H and O–H groups in total. The van der Waals surface area contributed by atoms with Gasteiger partial charge in [-0.05, 0) is 39.8 Å². The van der Waals surface area contributed by atoms with Gasteiger partial charge in [0.05, 0.1) is 11.9 Å². The van der Waals surface area contributed by atoms with Crippen molar-refractivity contribution in [3.05, 3.63) is 29.0 Å². The normalized spacial score (nSPS) is 11.6. The lowest BCUT2D eigenvalue weighted by atomic mass is 10.2. The fraction of sp³-hybridized carbons (Fsp3) is 0.385. The van der Waals surface area contributed by atoms with Crippen molar-refractivity contribution in [3.63, 3.8) is 0 Å². The van der Waals surface area contributed by atoms with Gasteiger partial charge in [-0.2, -0.15) is 0 Å². The number of nitrogens with one attached hydrogen (secondary N) is 1. The number of carbonyl (C=O) groups is 1. The van der Waals surface area contributed by atoms with E-state index in [1.54, 1.807) is 12.3 Å². The molecule has 0 atom stereocenters. The molecule has 5 nitrogen and oxygen atoms in total. The van der Waals surface area contributed by atoms with Crippen molar-refractivity contribution in [3.8, 4) is 10.8 Å². The monoisotopic (exact) mass is 280 g/mol. The third-order valence-corrected chi connectivity index (χ3v) is 3.18. The molecule has 0 spiro atoms. The van der Waals surface area contributed by atoms with Crippen molar-refractivity contribution in [1.82, 2.24) is 10.5 Å². The van der Waals surface area contributed by atoms with Gasteiger partial charge in [0, 0.05) is 4.88 Å². The molecule has 0 unspecified atom stereocenters. The Morgan fingerprint density at radius 2 is 2.21 bits per heavy atom. The first-order valence-electron chi connectivity index (χ1n) is 5.86. The molecule has 0 aliphatic heterocycles. The summed E-state index contributed by atoms with van der Waals surface area (Å²) in [6.45, 7) is 7.41. The number of amides is 1. The van der Waals surface area contributed by atoms with Gasteiger partial charge in [-0.25, -0.2) is 10.5 Å². The fourth-order valence-corrected chi connectivity index (χ4v) is 2.24. The van der Waals surface area contributed by atoms with E-state index in [4.69, 9.17) is 9.25 Å². The van der Waals surface area contributed by atoms with Crippen molar-refractivity contribution in [2.75, 3.05) is 0 Å². The summed E-state index contributed by atoms with van der Waals surface area (Å²) in [5, 5.41) is 0.684. The van der Waals surface area contributed by atoms with E-state index >= 15 is 0 Å². The van der Waals surface area contributed by atoms with Crippen LogP contribution in [-0.2, 0) is 4.84 Å². The summed E-state index contributed by atoms with van der Waals surface area (Å²) in [5.74, 6) is 0.311. The van der Waals surface area contributed by atoms with Gasteiger partial charge in [0.25, 0.3) is 5.91 Å². The molecule has 2 aromatic heterocycles. The van der Waals surface area contributed by atoms with E-state index < -0.39 is 5.60 Å². The maximum absolute atomic E-state index is 12.0. The molecule has 0 bridgehead atoms. The van der Waals surface area contributed by atoms with Crippen LogP contribution in [0.1, 0.15) is 36.1 Å². The molecule has 2 rings (SSSR count). The second kappa shape index (κ2) is 5.14. The molecule has 102 valence electrons. The molecular weight excluding hydrogens is 264 g/mol. The zero-order chi connectivity index (χ0) is 14.0. The minimum absolute atomic E-state index is 0.346. The van der Waals surface area contributed by atoms with Crippen LogP contribution in [0, 0.1) is 6.92 Å². The number of carbonyl (C=O) groups excluding carboxylic acids is 1. The molecular formula is C13H16N2O3S. The van der Waals surface area contributed by atoms with Crippen LogP contribution in [0.25, 0.3) is 10.8 Å². The van der Waals surface area contributed by atoms with Crippen LogP contribution in [0.3, 0.4) is 0 Å². The van der Waals surface area contributed by atoms with E-state index in [0.29, 0.717) is 16.5 Å². The topological polar surface area (TPSA) is 64.4 Å². The average molecular weight is 280 g/mol. The van der Waals surface area contributed by atoms with Crippen LogP contribution in [0.5, 0.6) is 0 Å². The molecule has 0 aliphatic rings. The van der Waals surface area contributed by atoms with Crippen LogP contribution in [0.2, 0.25) is 0 Å². The Morgan fingerprint density at radius 3 is 2.79 bits per heavy atom. The molecule has 0 fully saturated rings. The molecule has 0 aromatic carbocycles. The lowest BCUT2D eigenvalue weighted by molar-refractivity contribution is -0.0591. The van der Waals surface area contributed by atoms with Crippen molar-refractivity contribution in [2.24, 2.45) is 0 Å². The van der Waals surface area contributed by atoms with Crippen LogP contribution < -0.4 is 5.48 Å². The van der Waals surface area contributed by atoms with Crippen LogP contribution in [-0.4, -0.2) is 16.5 Å². The Bertz CT molecular complexity index is 567. The molecule has 2 aromatic rings. The number of rotatable bonds is 3. The van der Waals surface area contributed by atoms with Gasteiger partial charge < -0.3 is 4.42 Å². The lowest BCUT2D eigenvalue weighted by Gasteiger charge is -2.18. The Labute approximate surface area is 115 Å². The second-order valence-corrected chi connectivity index (χ2v) is 6.25. The van der Waals surface area contributed by atoms with Gasteiger partial charge in [0.2, 0.25) is 0 Å². The summed E-state index contributed by atoms with van der Waals surface area (Å²) >= 11 is 1.41. The van der Waals surface area contributed by atoms with Crippen LogP contribution >= 0.6 is 11.3 Å². The van der Waals surface area contributed by atoms with E-state index in [1.165, 1.54) is 11.3 Å². The van der Waals surface area contributed by atoms with Gasteiger partial charge in [0.15, 0.2) is 10.8 Å². The van der Waals surface area contributed by atoms with Gasteiger partial charge in [-0.15, -0.1) is 11.3 Å². The first-order chi connectivity index (χ1) is 8.87. The van der Waals surface area contributed by atoms with E-state index in [9.17, 15) is 4.79 Å². The Kier molecular flexibility index (Phi) is 3.73. The zero-order valence-corrected chi connectivity index (χ0v) is 12.1. The van der Waals surface area contributed by atoms with Gasteiger partial charge in [-0.3, -0.25) is 9.63 Å². The number of nitrogens with zero attached hydrogens (tertiary/aromatic N) is 1. The van der Waals surface area contributed by atoms with Gasteiger partial charge in [0.1, 0.15) is 5.69 Å². The highest BCUT2D eigenvalue weighted by atomic mass is 32.1. The number of aromatic nitrogens is 1. The molecule has 19 heavy (non-hydrogen) atoms. The number of thiazole rings is 1. The quantitative estimate of drug-likeness (QED) is 0.877. The number of hydroxylamine groups is 1. The maximum atomic E-state index is 12.0. The first-order valence-corrected chi connectivity index (χ1v) is 6.68. The molecule has 0 saturated heterocycles. The Hall–Kier alpha value is -1.66. The van der Waals surface area contributed by atoms with E-state index in [1.807, 2.05) is 33.8 Å². The van der Waals surface area contributed by atoms with Crippen molar-refractivity contribution >= 4 is 17.2 Å². The zero-order valence-electron chi connectivity index (χ0n) is 11.3. The fourth-order valence-electron chi connectivity index (χ4n) is 1.36. The van der Waals surface area contributed by atoms with Crippen molar-refractivity contribution in [2.45, 2.75) is 33.3 Å². The smallest absolute Gasteiger partial charge is 0.294 e. The lowest BCUT2D eigenvalue weighted by Crippen LogP contribution is -2.34. The maximum Gasteiger partial charge on any atom is 0.294 e. The number of furan rings is 1. The van der Waals surface area contributed by atoms with Gasteiger partial charge in [-0.1, -0.05) is 0 Å². The molecule has 2 heterocycles. The number of aryl methyl sites for hydroxylation is 1. The highest BCUT2D eigenvalue weighted by Gasteiger charge is 2.20. The highest BCUT2D eigenvalue weighted by molar-refractivity contribution is 7.15. The van der Waals surface area contributed by atoms with Crippen molar-refractivity contribution in [1.29, 1.82) is 0 Å². The summed E-state index contributed by atoms with van der Waals surface area (Å²) in [4.78, 5) is 22.3. The van der Waals surface area contributed by atoms with E-state index in [0.717, 1.165) is 4.88 Å². The van der Waals surface area contributed by atoms with Crippen molar-refractivity contribution < 1.29 is 14.0 Å². The minimum atomic E-state index is -0.441. The standard InChI is InChI=1S/C13H16N2O3S/c1-8-10(11(16)15-18-13(2,3)4)14-12(19-8)9-6-5-7-17-9/h5-7H,1-4H3,(H,15,16). The minimum Gasteiger partial charge on any atom is -0.462 e. The number of hydrogen-bond acceptors (Lipinski definition) is 5. The first kappa shape index (κ1) is 13.8. The molecule has 0 radical (unpaired) electrons. The Balaban J connectivity index is 2.15. The highest BCUT2D eigenvalue weighted by Crippen LogP contribution is 2.27. The predicted octanol–water partition coefficient (Wildman–Crippen LogP) is 3.17. The molecule has 6 heteroatoms. The average Bonchev–Trinajstić information content (AvgIpc) is 2.93. The summed E-state index contributed by atoms with van der Waals surface area (Å²) in [5.41, 5.74) is 2.33. The SMILES string of the molecule is Cc1sc(-c2ccco2)nc1C(=O)NOC(C)(C)C. The predicted molar refractivity (Wildman–Crippen MR) is 72.9 cm³/mol. The third-order valence-electron chi connectivity index (χ3n) is 2.19. The second-order valence-electron chi connectivity index (χ2n) is 5.05.